The molecule has 0 aliphatic heterocycles. The van der Waals surface area contributed by atoms with Gasteiger partial charge in [0.2, 0.25) is 0 Å². The van der Waals surface area contributed by atoms with Crippen LogP contribution in [-0.2, 0) is 4.74 Å². The van der Waals surface area contributed by atoms with E-state index in [-0.39, 0.29) is 29.5 Å². The van der Waals surface area contributed by atoms with Crippen LogP contribution in [0.2, 0.25) is 0 Å². The minimum absolute atomic E-state index is 0.0383. The number of aryl methyl sites for hydroxylation is 1. The summed E-state index contributed by atoms with van der Waals surface area (Å²) >= 11 is 0. The fourth-order valence-corrected chi connectivity index (χ4v) is 4.31. The van der Waals surface area contributed by atoms with E-state index in [4.69, 9.17) is 4.74 Å². The van der Waals surface area contributed by atoms with Crippen LogP contribution in [0.3, 0.4) is 0 Å². The van der Waals surface area contributed by atoms with Gasteiger partial charge in [0.05, 0.1) is 17.4 Å². The number of nitrogens with zero attached hydrogens (tertiary/aromatic N) is 2. The van der Waals surface area contributed by atoms with Gasteiger partial charge < -0.3 is 9.84 Å². The Balaban J connectivity index is 1.36. The topological polar surface area (TPSA) is 93.5 Å². The molecule has 7 nitrogen and oxygen atoms in total. The Kier molecular flexibility index (Phi) is 5.33. The molecular formula is C26H20FN3O4. The van der Waals surface area contributed by atoms with Crippen LogP contribution >= 0.6 is 0 Å². The highest BCUT2D eigenvalue weighted by molar-refractivity contribution is 5.99. The number of carboxylic acids is 1. The Morgan fingerprint density at radius 2 is 1.74 bits per heavy atom. The molecule has 0 radical (unpaired) electrons. The maximum atomic E-state index is 14.8. The van der Waals surface area contributed by atoms with Crippen molar-refractivity contribution in [2.45, 2.75) is 12.8 Å². The van der Waals surface area contributed by atoms with Crippen molar-refractivity contribution < 1.29 is 23.8 Å². The molecular weight excluding hydrogens is 437 g/mol. The van der Waals surface area contributed by atoms with Crippen molar-refractivity contribution in [3.63, 3.8) is 0 Å². The molecule has 1 aromatic heterocycles. The summed E-state index contributed by atoms with van der Waals surface area (Å²) in [5.74, 6) is -2.21. The maximum Gasteiger partial charge on any atom is 0.411 e. The van der Waals surface area contributed by atoms with Crippen LogP contribution < -0.4 is 5.32 Å². The average Bonchev–Trinajstić information content (AvgIpc) is 3.39. The molecule has 0 saturated heterocycles. The van der Waals surface area contributed by atoms with Crippen molar-refractivity contribution in [3.05, 3.63) is 101 Å². The lowest BCUT2D eigenvalue weighted by molar-refractivity contribution is 0.0698. The lowest BCUT2D eigenvalue weighted by atomic mass is 9.98. The normalized spacial score (nSPS) is 12.2. The maximum absolute atomic E-state index is 14.8. The third-order valence-corrected chi connectivity index (χ3v) is 5.86. The van der Waals surface area contributed by atoms with Gasteiger partial charge in [-0.25, -0.2) is 18.7 Å². The van der Waals surface area contributed by atoms with Crippen molar-refractivity contribution in [2.24, 2.45) is 0 Å². The minimum atomic E-state index is -1.32. The summed E-state index contributed by atoms with van der Waals surface area (Å²) in [5, 5.41) is 16.0. The number of carbonyl (C=O) groups is 2. The van der Waals surface area contributed by atoms with E-state index in [0.29, 0.717) is 0 Å². The number of fused-ring (bicyclic) bond motifs is 3. The van der Waals surface area contributed by atoms with Crippen LogP contribution in [0.1, 0.15) is 33.0 Å². The van der Waals surface area contributed by atoms with E-state index in [0.717, 1.165) is 39.9 Å². The molecule has 170 valence electrons. The van der Waals surface area contributed by atoms with E-state index < -0.39 is 17.9 Å². The van der Waals surface area contributed by atoms with Crippen LogP contribution in [0, 0.1) is 12.7 Å². The number of aromatic carboxylic acids is 1. The standard InChI is InChI=1S/C26H20FN3O4/c1-15-12-28-30(13-15)24-10-20(25(31)32)23(11-22(24)27)29-26(33)34-14-21-18-8-4-2-6-16(18)17-7-3-5-9-19(17)21/h2-13,21H,14H2,1H3,(H,29,33)(H,31,32). The molecule has 0 atom stereocenters. The Morgan fingerprint density at radius 3 is 2.32 bits per heavy atom. The fraction of sp³-hybridized carbons (Fsp3) is 0.115. The number of benzene rings is 3. The number of rotatable bonds is 5. The average molecular weight is 457 g/mol. The highest BCUT2D eigenvalue weighted by Gasteiger charge is 2.29. The first kappa shape index (κ1) is 21.4. The SMILES string of the molecule is Cc1cnn(-c2cc(C(=O)O)c(NC(=O)OCC3c4ccccc4-c4ccccc43)cc2F)c1. The number of aromatic nitrogens is 2. The molecule has 0 spiro atoms. The number of carboxylic acid groups (broad SMARTS) is 1. The zero-order chi connectivity index (χ0) is 23.8. The van der Waals surface area contributed by atoms with Gasteiger partial charge in [0.15, 0.2) is 5.82 Å². The summed E-state index contributed by atoms with van der Waals surface area (Å²) in [6, 6.07) is 17.9. The van der Waals surface area contributed by atoms with Crippen molar-refractivity contribution in [2.75, 3.05) is 11.9 Å². The Bertz CT molecular complexity index is 1380. The predicted molar refractivity (Wildman–Crippen MR) is 124 cm³/mol. The molecule has 0 unspecified atom stereocenters. The lowest BCUT2D eigenvalue weighted by Crippen LogP contribution is -2.20. The smallest absolute Gasteiger partial charge is 0.411 e. The van der Waals surface area contributed by atoms with Gasteiger partial charge in [-0.2, -0.15) is 5.10 Å². The number of carbonyl (C=O) groups excluding carboxylic acids is 1. The van der Waals surface area contributed by atoms with Gasteiger partial charge in [0, 0.05) is 18.2 Å². The van der Waals surface area contributed by atoms with Crippen LogP contribution in [0.4, 0.5) is 14.9 Å². The fourth-order valence-electron chi connectivity index (χ4n) is 4.31. The molecule has 0 saturated carbocycles. The van der Waals surface area contributed by atoms with Crippen molar-refractivity contribution in [1.29, 1.82) is 0 Å². The highest BCUT2D eigenvalue weighted by Crippen LogP contribution is 2.44. The molecule has 0 bridgehead atoms. The first-order chi connectivity index (χ1) is 16.4. The zero-order valence-electron chi connectivity index (χ0n) is 18.2. The van der Waals surface area contributed by atoms with Crippen LogP contribution in [0.5, 0.6) is 0 Å². The number of nitrogens with one attached hydrogen (secondary N) is 1. The zero-order valence-corrected chi connectivity index (χ0v) is 18.2. The number of halogens is 1. The van der Waals surface area contributed by atoms with Gasteiger partial charge in [0.25, 0.3) is 0 Å². The summed E-state index contributed by atoms with van der Waals surface area (Å²) in [6.07, 6.45) is 2.23. The second-order valence-electron chi connectivity index (χ2n) is 8.07. The molecule has 0 fully saturated rings. The molecule has 1 aliphatic rings. The molecule has 1 amide bonds. The molecule has 1 heterocycles. The summed E-state index contributed by atoms with van der Waals surface area (Å²) in [4.78, 5) is 24.4. The van der Waals surface area contributed by atoms with E-state index in [1.165, 1.54) is 10.9 Å². The molecule has 2 N–H and O–H groups in total. The van der Waals surface area contributed by atoms with Crippen molar-refractivity contribution >= 4 is 17.7 Å². The Morgan fingerprint density at radius 1 is 1.09 bits per heavy atom. The summed E-state index contributed by atoms with van der Waals surface area (Å²) < 4.78 is 21.5. The Hall–Kier alpha value is -4.46. The largest absolute Gasteiger partial charge is 0.478 e. The molecule has 4 aromatic rings. The number of amides is 1. The number of ether oxygens (including phenoxy) is 1. The predicted octanol–water partition coefficient (Wildman–Crippen LogP) is 5.38. The first-order valence-corrected chi connectivity index (χ1v) is 10.6. The Labute approximate surface area is 194 Å². The van der Waals surface area contributed by atoms with Gasteiger partial charge >= 0.3 is 12.1 Å². The van der Waals surface area contributed by atoms with E-state index in [1.807, 2.05) is 48.5 Å². The molecule has 5 rings (SSSR count). The lowest BCUT2D eigenvalue weighted by Gasteiger charge is -2.16. The minimum Gasteiger partial charge on any atom is -0.478 e. The molecule has 1 aliphatic carbocycles. The quantitative estimate of drug-likeness (QED) is 0.420. The van der Waals surface area contributed by atoms with E-state index in [1.54, 1.807) is 13.1 Å². The summed E-state index contributed by atoms with van der Waals surface area (Å²) in [7, 11) is 0. The van der Waals surface area contributed by atoms with Gasteiger partial charge in [0.1, 0.15) is 12.3 Å². The van der Waals surface area contributed by atoms with Gasteiger partial charge in [-0.15, -0.1) is 0 Å². The van der Waals surface area contributed by atoms with Crippen molar-refractivity contribution in [3.8, 4) is 16.8 Å². The number of hydrogen-bond donors (Lipinski definition) is 2. The highest BCUT2D eigenvalue weighted by atomic mass is 19.1. The first-order valence-electron chi connectivity index (χ1n) is 10.6. The molecule has 8 heteroatoms. The second kappa shape index (κ2) is 8.47. The van der Waals surface area contributed by atoms with Crippen LogP contribution in [0.15, 0.2) is 73.1 Å². The van der Waals surface area contributed by atoms with Gasteiger partial charge in [-0.05, 0) is 40.8 Å². The van der Waals surface area contributed by atoms with Gasteiger partial charge in [-0.3, -0.25) is 5.32 Å². The second-order valence-corrected chi connectivity index (χ2v) is 8.07. The third-order valence-electron chi connectivity index (χ3n) is 5.86. The van der Waals surface area contributed by atoms with E-state index in [2.05, 4.69) is 10.4 Å². The number of hydrogen-bond acceptors (Lipinski definition) is 4. The third kappa shape index (κ3) is 3.79. The van der Waals surface area contributed by atoms with Crippen molar-refractivity contribution in [1.82, 2.24) is 9.78 Å². The molecule has 3 aromatic carbocycles. The van der Waals surface area contributed by atoms with Gasteiger partial charge in [-0.1, -0.05) is 48.5 Å². The monoisotopic (exact) mass is 457 g/mol. The summed E-state index contributed by atoms with van der Waals surface area (Å²) in [5.41, 5.74) is 4.55. The van der Waals surface area contributed by atoms with Crippen LogP contribution in [-0.4, -0.2) is 33.6 Å². The van der Waals surface area contributed by atoms with E-state index in [9.17, 15) is 19.1 Å². The van der Waals surface area contributed by atoms with Crippen LogP contribution in [0.25, 0.3) is 16.8 Å². The number of anilines is 1. The molecule has 34 heavy (non-hydrogen) atoms. The summed E-state index contributed by atoms with van der Waals surface area (Å²) in [6.45, 7) is 1.84. The van der Waals surface area contributed by atoms with E-state index >= 15 is 0 Å².